The van der Waals surface area contributed by atoms with Crippen LogP contribution in [0.1, 0.15) is 34.1 Å². The van der Waals surface area contributed by atoms with E-state index < -0.39 is 5.54 Å². The second kappa shape index (κ2) is 3.66. The van der Waals surface area contributed by atoms with Gasteiger partial charge in [-0.25, -0.2) is 0 Å². The van der Waals surface area contributed by atoms with Gasteiger partial charge in [0.2, 0.25) is 5.91 Å². The third kappa shape index (κ3) is 2.69. The maximum Gasteiger partial charge on any atom is 0.239 e. The van der Waals surface area contributed by atoms with Crippen molar-refractivity contribution in [1.82, 2.24) is 10.6 Å². The van der Waals surface area contributed by atoms with Crippen molar-refractivity contribution >= 4 is 5.91 Å². The lowest BCUT2D eigenvalue weighted by atomic mass is 9.95. The SMILES string of the molecule is CC(C)CC1CNC(=O)C(C)(C)N1. The Morgan fingerprint density at radius 1 is 1.54 bits per heavy atom. The molecular formula is C10H20N2O. The van der Waals surface area contributed by atoms with Crippen molar-refractivity contribution < 1.29 is 4.79 Å². The Labute approximate surface area is 80.3 Å². The smallest absolute Gasteiger partial charge is 0.239 e. The molecule has 0 spiro atoms. The third-order valence-electron chi connectivity index (χ3n) is 2.40. The fourth-order valence-electron chi connectivity index (χ4n) is 1.78. The van der Waals surface area contributed by atoms with Crippen molar-refractivity contribution in [3.63, 3.8) is 0 Å². The average molecular weight is 184 g/mol. The van der Waals surface area contributed by atoms with Crippen LogP contribution in [0.25, 0.3) is 0 Å². The van der Waals surface area contributed by atoms with Gasteiger partial charge in [-0.2, -0.15) is 0 Å². The Balaban J connectivity index is 2.51. The minimum absolute atomic E-state index is 0.104. The molecule has 2 N–H and O–H groups in total. The lowest BCUT2D eigenvalue weighted by Gasteiger charge is -2.37. The number of hydrogen-bond acceptors (Lipinski definition) is 2. The van der Waals surface area contributed by atoms with Crippen LogP contribution < -0.4 is 10.6 Å². The van der Waals surface area contributed by atoms with Crippen LogP contribution in [0, 0.1) is 5.92 Å². The van der Waals surface area contributed by atoms with Gasteiger partial charge >= 0.3 is 0 Å². The molecule has 1 rings (SSSR count). The summed E-state index contributed by atoms with van der Waals surface area (Å²) < 4.78 is 0. The van der Waals surface area contributed by atoms with Crippen LogP contribution in [-0.2, 0) is 4.79 Å². The zero-order chi connectivity index (χ0) is 10.1. The first-order chi connectivity index (χ1) is 5.92. The van der Waals surface area contributed by atoms with E-state index in [4.69, 9.17) is 0 Å². The molecule has 0 aliphatic carbocycles. The summed E-state index contributed by atoms with van der Waals surface area (Å²) in [5, 5.41) is 6.29. The molecule has 13 heavy (non-hydrogen) atoms. The van der Waals surface area contributed by atoms with Crippen LogP contribution in [0.5, 0.6) is 0 Å². The van der Waals surface area contributed by atoms with Gasteiger partial charge in [-0.3, -0.25) is 10.1 Å². The molecule has 1 heterocycles. The predicted molar refractivity (Wildman–Crippen MR) is 53.5 cm³/mol. The quantitative estimate of drug-likeness (QED) is 0.669. The first-order valence-corrected chi connectivity index (χ1v) is 4.98. The van der Waals surface area contributed by atoms with Gasteiger partial charge in [-0.1, -0.05) is 13.8 Å². The third-order valence-corrected chi connectivity index (χ3v) is 2.40. The van der Waals surface area contributed by atoms with E-state index in [1.165, 1.54) is 0 Å². The number of rotatable bonds is 2. The Bertz CT molecular complexity index is 199. The fourth-order valence-corrected chi connectivity index (χ4v) is 1.78. The molecule has 1 unspecified atom stereocenters. The van der Waals surface area contributed by atoms with E-state index >= 15 is 0 Å². The zero-order valence-electron chi connectivity index (χ0n) is 8.98. The molecule has 1 aliphatic rings. The Hall–Kier alpha value is -0.570. The zero-order valence-corrected chi connectivity index (χ0v) is 8.98. The van der Waals surface area contributed by atoms with Crippen LogP contribution in [0.3, 0.4) is 0 Å². The monoisotopic (exact) mass is 184 g/mol. The van der Waals surface area contributed by atoms with Gasteiger partial charge in [0, 0.05) is 12.6 Å². The molecule has 0 aromatic heterocycles. The highest BCUT2D eigenvalue weighted by molar-refractivity contribution is 5.86. The minimum Gasteiger partial charge on any atom is -0.353 e. The highest BCUT2D eigenvalue weighted by Crippen LogP contribution is 2.13. The van der Waals surface area contributed by atoms with Crippen molar-refractivity contribution in [2.24, 2.45) is 5.92 Å². The Morgan fingerprint density at radius 2 is 2.15 bits per heavy atom. The van der Waals surface area contributed by atoms with E-state index in [1.54, 1.807) is 0 Å². The van der Waals surface area contributed by atoms with Gasteiger partial charge in [0.05, 0.1) is 5.54 Å². The van der Waals surface area contributed by atoms with Crippen molar-refractivity contribution in [3.8, 4) is 0 Å². The molecule has 1 aliphatic heterocycles. The number of hydrogen-bond donors (Lipinski definition) is 2. The summed E-state index contributed by atoms with van der Waals surface area (Å²) in [7, 11) is 0. The predicted octanol–water partition coefficient (Wildman–Crippen LogP) is 0.899. The molecule has 0 aromatic carbocycles. The molecule has 0 saturated carbocycles. The van der Waals surface area contributed by atoms with Gasteiger partial charge in [-0.05, 0) is 26.2 Å². The van der Waals surface area contributed by atoms with Crippen LogP contribution in [0.4, 0.5) is 0 Å². The summed E-state index contributed by atoms with van der Waals surface area (Å²) in [5.74, 6) is 0.774. The molecule has 3 heteroatoms. The number of carbonyl (C=O) groups is 1. The Morgan fingerprint density at radius 3 is 2.62 bits per heavy atom. The van der Waals surface area contributed by atoms with Gasteiger partial charge in [0.15, 0.2) is 0 Å². The molecule has 0 aromatic rings. The number of amides is 1. The number of carbonyl (C=O) groups excluding carboxylic acids is 1. The largest absolute Gasteiger partial charge is 0.353 e. The maximum absolute atomic E-state index is 11.4. The van der Waals surface area contributed by atoms with E-state index in [1.807, 2.05) is 13.8 Å². The molecule has 1 saturated heterocycles. The standard InChI is InChI=1S/C10H20N2O/c1-7(2)5-8-6-11-9(13)10(3,4)12-8/h7-8,12H,5-6H2,1-4H3,(H,11,13). The van der Waals surface area contributed by atoms with Crippen LogP contribution in [0.15, 0.2) is 0 Å². The molecule has 3 nitrogen and oxygen atoms in total. The molecule has 0 radical (unpaired) electrons. The second-order valence-electron chi connectivity index (χ2n) is 4.81. The molecule has 1 amide bonds. The minimum atomic E-state index is -0.405. The van der Waals surface area contributed by atoms with Crippen molar-refractivity contribution in [1.29, 1.82) is 0 Å². The molecule has 1 fully saturated rings. The highest BCUT2D eigenvalue weighted by Gasteiger charge is 2.34. The number of nitrogens with one attached hydrogen (secondary N) is 2. The van der Waals surface area contributed by atoms with E-state index in [9.17, 15) is 4.79 Å². The summed E-state index contributed by atoms with van der Waals surface area (Å²) >= 11 is 0. The van der Waals surface area contributed by atoms with Crippen molar-refractivity contribution in [3.05, 3.63) is 0 Å². The van der Waals surface area contributed by atoms with E-state index in [0.29, 0.717) is 12.0 Å². The van der Waals surface area contributed by atoms with E-state index in [-0.39, 0.29) is 5.91 Å². The van der Waals surface area contributed by atoms with Gasteiger partial charge in [0.25, 0.3) is 0 Å². The topological polar surface area (TPSA) is 41.1 Å². The van der Waals surface area contributed by atoms with E-state index in [0.717, 1.165) is 13.0 Å². The van der Waals surface area contributed by atoms with Gasteiger partial charge in [-0.15, -0.1) is 0 Å². The van der Waals surface area contributed by atoms with Crippen LogP contribution in [0.2, 0.25) is 0 Å². The lowest BCUT2D eigenvalue weighted by Crippen LogP contribution is -2.64. The Kier molecular flexibility index (Phi) is 2.96. The van der Waals surface area contributed by atoms with Crippen LogP contribution in [-0.4, -0.2) is 24.0 Å². The average Bonchev–Trinajstić information content (AvgIpc) is 1.95. The molecule has 1 atom stereocenters. The first-order valence-electron chi connectivity index (χ1n) is 4.98. The summed E-state index contributed by atoms with van der Waals surface area (Å²) in [6.07, 6.45) is 1.11. The van der Waals surface area contributed by atoms with Crippen LogP contribution >= 0.6 is 0 Å². The number of piperazine rings is 1. The highest BCUT2D eigenvalue weighted by atomic mass is 16.2. The summed E-state index contributed by atoms with van der Waals surface area (Å²) in [6, 6.07) is 0.424. The molecule has 0 bridgehead atoms. The summed E-state index contributed by atoms with van der Waals surface area (Å²) in [5.41, 5.74) is -0.405. The normalized spacial score (nSPS) is 27.5. The maximum atomic E-state index is 11.4. The molecule has 76 valence electrons. The summed E-state index contributed by atoms with van der Waals surface area (Å²) in [6.45, 7) is 9.01. The first kappa shape index (κ1) is 10.5. The van der Waals surface area contributed by atoms with Crippen molar-refractivity contribution in [2.75, 3.05) is 6.54 Å². The van der Waals surface area contributed by atoms with Crippen molar-refractivity contribution in [2.45, 2.75) is 45.7 Å². The summed E-state index contributed by atoms with van der Waals surface area (Å²) in [4.78, 5) is 11.4. The van der Waals surface area contributed by atoms with E-state index in [2.05, 4.69) is 24.5 Å². The molecular weight excluding hydrogens is 164 g/mol. The second-order valence-corrected chi connectivity index (χ2v) is 4.81. The van der Waals surface area contributed by atoms with Gasteiger partial charge in [0.1, 0.15) is 0 Å². The lowest BCUT2D eigenvalue weighted by molar-refractivity contribution is -0.128. The fraction of sp³-hybridized carbons (Fsp3) is 0.900. The van der Waals surface area contributed by atoms with Gasteiger partial charge < -0.3 is 5.32 Å².